The smallest absolute Gasteiger partial charge is 0.337 e. The maximum absolute atomic E-state index is 10.8. The molecule has 1 aliphatic carbocycles. The third-order valence-corrected chi connectivity index (χ3v) is 2.67. The molecule has 1 aromatic rings. The Kier molecular flexibility index (Phi) is 1.93. The normalized spacial score (nSPS) is 19.4. The quantitative estimate of drug-likeness (QED) is 0.577. The zero-order valence-corrected chi connectivity index (χ0v) is 7.66. The van der Waals surface area contributed by atoms with Crippen molar-refractivity contribution in [3.63, 3.8) is 0 Å². The summed E-state index contributed by atoms with van der Waals surface area (Å²) in [6.45, 7) is 0. The maximum atomic E-state index is 10.8. The average Bonchev–Trinajstić information content (AvgIpc) is 2.46. The van der Waals surface area contributed by atoms with E-state index in [0.717, 1.165) is 24.0 Å². The lowest BCUT2D eigenvalue weighted by molar-refractivity contribution is 0.0698. The lowest BCUT2D eigenvalue weighted by Crippen LogP contribution is -2.08. The molecule has 0 saturated heterocycles. The number of carboxylic acid groups (broad SMARTS) is 1. The number of hydrogen-bond donors (Lipinski definition) is 3. The van der Waals surface area contributed by atoms with E-state index in [4.69, 9.17) is 16.6 Å². The van der Waals surface area contributed by atoms with E-state index in [1.54, 1.807) is 12.1 Å². The van der Waals surface area contributed by atoms with Crippen molar-refractivity contribution in [2.75, 3.05) is 5.73 Å². The first-order valence-corrected chi connectivity index (χ1v) is 4.50. The van der Waals surface area contributed by atoms with Crippen LogP contribution in [0.15, 0.2) is 12.1 Å². The first kappa shape index (κ1) is 9.02. The summed E-state index contributed by atoms with van der Waals surface area (Å²) in [7, 11) is 0. The van der Waals surface area contributed by atoms with Crippen LogP contribution in [0.5, 0.6) is 0 Å². The number of nitrogens with two attached hydrogens (primary N) is 2. The van der Waals surface area contributed by atoms with Gasteiger partial charge in [-0.1, -0.05) is 0 Å². The summed E-state index contributed by atoms with van der Waals surface area (Å²) >= 11 is 0. The van der Waals surface area contributed by atoms with Crippen molar-refractivity contribution in [2.45, 2.75) is 18.9 Å². The Bertz CT molecular complexity index is 401. The van der Waals surface area contributed by atoms with Crippen LogP contribution in [-0.4, -0.2) is 11.1 Å². The van der Waals surface area contributed by atoms with Gasteiger partial charge in [0, 0.05) is 11.7 Å². The molecule has 0 radical (unpaired) electrons. The lowest BCUT2D eigenvalue weighted by Gasteiger charge is -2.07. The van der Waals surface area contributed by atoms with Crippen molar-refractivity contribution in [3.8, 4) is 0 Å². The molecule has 0 amide bonds. The van der Waals surface area contributed by atoms with Crippen LogP contribution in [-0.2, 0) is 6.42 Å². The lowest BCUT2D eigenvalue weighted by atomic mass is 10.0. The maximum Gasteiger partial charge on any atom is 0.337 e. The Hall–Kier alpha value is -1.55. The molecule has 4 heteroatoms. The van der Waals surface area contributed by atoms with Gasteiger partial charge in [-0.15, -0.1) is 0 Å². The van der Waals surface area contributed by atoms with Crippen LogP contribution in [0.2, 0.25) is 0 Å². The SMILES string of the molecule is Nc1cc2c(cc1C(=O)O)CCC2N. The fourth-order valence-electron chi connectivity index (χ4n) is 1.89. The van der Waals surface area contributed by atoms with Crippen LogP contribution in [0, 0.1) is 0 Å². The van der Waals surface area contributed by atoms with E-state index in [2.05, 4.69) is 0 Å². The number of hydrogen-bond acceptors (Lipinski definition) is 3. The van der Waals surface area contributed by atoms with Gasteiger partial charge in [0.25, 0.3) is 0 Å². The summed E-state index contributed by atoms with van der Waals surface area (Å²) in [5, 5.41) is 8.85. The van der Waals surface area contributed by atoms with E-state index < -0.39 is 5.97 Å². The number of carboxylic acids is 1. The summed E-state index contributed by atoms with van der Waals surface area (Å²) in [6, 6.07) is 3.34. The molecule has 1 atom stereocenters. The van der Waals surface area contributed by atoms with Crippen LogP contribution >= 0.6 is 0 Å². The van der Waals surface area contributed by atoms with Gasteiger partial charge in [-0.2, -0.15) is 0 Å². The van der Waals surface area contributed by atoms with Crippen molar-refractivity contribution in [1.82, 2.24) is 0 Å². The summed E-state index contributed by atoms with van der Waals surface area (Å²) in [5.74, 6) is -0.981. The van der Waals surface area contributed by atoms with E-state index in [0.29, 0.717) is 5.69 Å². The minimum Gasteiger partial charge on any atom is -0.478 e. The molecule has 74 valence electrons. The monoisotopic (exact) mass is 192 g/mol. The third kappa shape index (κ3) is 1.24. The van der Waals surface area contributed by atoms with Gasteiger partial charge < -0.3 is 16.6 Å². The van der Waals surface area contributed by atoms with Gasteiger partial charge in [-0.25, -0.2) is 4.79 Å². The number of anilines is 1. The molecule has 0 aromatic heterocycles. The van der Waals surface area contributed by atoms with E-state index in [1.165, 1.54) is 0 Å². The summed E-state index contributed by atoms with van der Waals surface area (Å²) in [5.41, 5.74) is 13.9. The van der Waals surface area contributed by atoms with Crippen LogP contribution in [0.1, 0.15) is 33.9 Å². The number of benzene rings is 1. The van der Waals surface area contributed by atoms with Crippen molar-refractivity contribution in [1.29, 1.82) is 0 Å². The van der Waals surface area contributed by atoms with Crippen LogP contribution in [0.4, 0.5) is 5.69 Å². The van der Waals surface area contributed by atoms with Gasteiger partial charge in [-0.05, 0) is 36.1 Å². The molecule has 0 saturated carbocycles. The molecule has 2 rings (SSSR count). The molecular weight excluding hydrogens is 180 g/mol. The molecule has 5 N–H and O–H groups in total. The summed E-state index contributed by atoms with van der Waals surface area (Å²) in [4.78, 5) is 10.8. The predicted molar refractivity (Wildman–Crippen MR) is 53.1 cm³/mol. The minimum absolute atomic E-state index is 0.00939. The predicted octanol–water partition coefficient (Wildman–Crippen LogP) is 0.913. The zero-order valence-electron chi connectivity index (χ0n) is 7.66. The molecular formula is C10H12N2O2. The summed E-state index contributed by atoms with van der Waals surface area (Å²) in [6.07, 6.45) is 1.72. The highest BCUT2D eigenvalue weighted by Gasteiger charge is 2.22. The van der Waals surface area contributed by atoms with Crippen molar-refractivity contribution < 1.29 is 9.90 Å². The number of carbonyl (C=O) groups is 1. The first-order valence-electron chi connectivity index (χ1n) is 4.50. The third-order valence-electron chi connectivity index (χ3n) is 2.67. The molecule has 0 heterocycles. The van der Waals surface area contributed by atoms with Gasteiger partial charge in [-0.3, -0.25) is 0 Å². The highest BCUT2D eigenvalue weighted by Crippen LogP contribution is 2.32. The summed E-state index contributed by atoms with van der Waals surface area (Å²) < 4.78 is 0. The number of aryl methyl sites for hydroxylation is 1. The molecule has 0 aliphatic heterocycles. The van der Waals surface area contributed by atoms with Crippen molar-refractivity contribution in [3.05, 3.63) is 28.8 Å². The van der Waals surface area contributed by atoms with Gasteiger partial charge >= 0.3 is 5.97 Å². The molecule has 1 aliphatic rings. The fourth-order valence-corrected chi connectivity index (χ4v) is 1.89. The second-order valence-electron chi connectivity index (χ2n) is 3.59. The number of rotatable bonds is 1. The second kappa shape index (κ2) is 2.99. The Balaban J connectivity index is 2.55. The Labute approximate surface area is 81.5 Å². The van der Waals surface area contributed by atoms with Gasteiger partial charge in [0.2, 0.25) is 0 Å². The molecule has 14 heavy (non-hydrogen) atoms. The van der Waals surface area contributed by atoms with Gasteiger partial charge in [0.05, 0.1) is 5.56 Å². The van der Waals surface area contributed by atoms with Crippen LogP contribution in [0.3, 0.4) is 0 Å². The van der Waals surface area contributed by atoms with E-state index in [1.807, 2.05) is 0 Å². The average molecular weight is 192 g/mol. The Morgan fingerprint density at radius 2 is 2.21 bits per heavy atom. The topological polar surface area (TPSA) is 89.3 Å². The highest BCUT2D eigenvalue weighted by atomic mass is 16.4. The molecule has 0 spiro atoms. The van der Waals surface area contributed by atoms with E-state index >= 15 is 0 Å². The first-order chi connectivity index (χ1) is 6.59. The zero-order chi connectivity index (χ0) is 10.3. The number of aromatic carboxylic acids is 1. The van der Waals surface area contributed by atoms with Gasteiger partial charge in [0.1, 0.15) is 0 Å². The standard InChI is InChI=1S/C10H12N2O2/c11-8-2-1-5-3-7(10(13)14)9(12)4-6(5)8/h3-4,8H,1-2,11-12H2,(H,13,14). The number of nitrogen functional groups attached to an aromatic ring is 1. The van der Waals surface area contributed by atoms with Crippen LogP contribution < -0.4 is 11.5 Å². The second-order valence-corrected chi connectivity index (χ2v) is 3.59. The van der Waals surface area contributed by atoms with E-state index in [-0.39, 0.29) is 11.6 Å². The van der Waals surface area contributed by atoms with Crippen molar-refractivity contribution >= 4 is 11.7 Å². The van der Waals surface area contributed by atoms with Gasteiger partial charge in [0.15, 0.2) is 0 Å². The molecule has 1 unspecified atom stereocenters. The van der Waals surface area contributed by atoms with Crippen molar-refractivity contribution in [2.24, 2.45) is 5.73 Å². The highest BCUT2D eigenvalue weighted by molar-refractivity contribution is 5.94. The van der Waals surface area contributed by atoms with Crippen LogP contribution in [0.25, 0.3) is 0 Å². The Morgan fingerprint density at radius 1 is 1.50 bits per heavy atom. The number of fused-ring (bicyclic) bond motifs is 1. The Morgan fingerprint density at radius 3 is 2.86 bits per heavy atom. The fraction of sp³-hybridized carbons (Fsp3) is 0.300. The molecule has 0 fully saturated rings. The van der Waals surface area contributed by atoms with E-state index in [9.17, 15) is 4.79 Å². The largest absolute Gasteiger partial charge is 0.478 e. The molecule has 1 aromatic carbocycles. The molecule has 0 bridgehead atoms. The minimum atomic E-state index is -0.981. The molecule has 4 nitrogen and oxygen atoms in total.